The molecule has 2 aromatic rings. The molecule has 0 heterocycles. The number of ether oxygens (including phenoxy) is 2. The molecule has 5 nitrogen and oxygen atoms in total. The van der Waals surface area contributed by atoms with Crippen molar-refractivity contribution in [2.24, 2.45) is 0 Å². The van der Waals surface area contributed by atoms with Crippen molar-refractivity contribution < 1.29 is 22.3 Å². The number of benzene rings is 2. The van der Waals surface area contributed by atoms with Gasteiger partial charge in [-0.1, -0.05) is 0 Å². The predicted molar refractivity (Wildman–Crippen MR) is 89.6 cm³/mol. The van der Waals surface area contributed by atoms with Gasteiger partial charge < -0.3 is 9.47 Å². The van der Waals surface area contributed by atoms with Crippen LogP contribution in [0.2, 0.25) is 0 Å². The van der Waals surface area contributed by atoms with Crippen molar-refractivity contribution in [1.82, 2.24) is 4.72 Å². The van der Waals surface area contributed by atoms with E-state index in [0.29, 0.717) is 17.1 Å². The fraction of sp³-hybridized carbons (Fsp3) is 0.294. The molecule has 0 unspecified atom stereocenters. The highest BCUT2D eigenvalue weighted by Crippen LogP contribution is 2.26. The largest absolute Gasteiger partial charge is 0.496 e. The summed E-state index contributed by atoms with van der Waals surface area (Å²) in [6.45, 7) is 3.79. The molecule has 0 saturated carbocycles. The molecule has 0 bridgehead atoms. The molecule has 0 atom stereocenters. The zero-order valence-electron chi connectivity index (χ0n) is 13.8. The van der Waals surface area contributed by atoms with Crippen molar-refractivity contribution in [2.45, 2.75) is 18.7 Å². The molecule has 0 aliphatic heterocycles. The number of halogens is 1. The van der Waals surface area contributed by atoms with Crippen molar-refractivity contribution in [3.8, 4) is 11.5 Å². The number of methoxy groups -OCH3 is 1. The Morgan fingerprint density at radius 2 is 1.71 bits per heavy atom. The molecular weight excluding hydrogens is 333 g/mol. The van der Waals surface area contributed by atoms with Crippen molar-refractivity contribution in [2.75, 3.05) is 20.3 Å². The van der Waals surface area contributed by atoms with E-state index in [0.717, 1.165) is 5.56 Å². The molecule has 1 N–H and O–H groups in total. The summed E-state index contributed by atoms with van der Waals surface area (Å²) in [7, 11) is -2.10. The first kappa shape index (κ1) is 18.2. The van der Waals surface area contributed by atoms with E-state index < -0.39 is 10.0 Å². The van der Waals surface area contributed by atoms with Gasteiger partial charge in [0.25, 0.3) is 0 Å². The van der Waals surface area contributed by atoms with Crippen molar-refractivity contribution >= 4 is 10.0 Å². The van der Waals surface area contributed by atoms with E-state index in [1.165, 1.54) is 30.3 Å². The maximum Gasteiger partial charge on any atom is 0.240 e. The zero-order valence-corrected chi connectivity index (χ0v) is 14.6. The number of nitrogens with one attached hydrogen (secondary N) is 1. The first-order valence-electron chi connectivity index (χ1n) is 7.37. The Kier molecular flexibility index (Phi) is 5.80. The third kappa shape index (κ3) is 4.24. The summed E-state index contributed by atoms with van der Waals surface area (Å²) in [6.07, 6.45) is 0. The van der Waals surface area contributed by atoms with Gasteiger partial charge in [-0.15, -0.1) is 0 Å². The van der Waals surface area contributed by atoms with Gasteiger partial charge in [-0.05, 0) is 61.4 Å². The number of rotatable bonds is 7. The van der Waals surface area contributed by atoms with Crippen molar-refractivity contribution in [3.63, 3.8) is 0 Å². The van der Waals surface area contributed by atoms with Crippen LogP contribution in [0.1, 0.15) is 11.1 Å². The summed E-state index contributed by atoms with van der Waals surface area (Å²) in [4.78, 5) is 0.211. The molecule has 0 radical (unpaired) electrons. The van der Waals surface area contributed by atoms with Crippen LogP contribution >= 0.6 is 0 Å². The molecule has 0 spiro atoms. The highest BCUT2D eigenvalue weighted by molar-refractivity contribution is 7.89. The second-order valence-corrected chi connectivity index (χ2v) is 6.95. The van der Waals surface area contributed by atoms with Crippen LogP contribution < -0.4 is 14.2 Å². The van der Waals surface area contributed by atoms with E-state index in [2.05, 4.69) is 4.72 Å². The minimum absolute atomic E-state index is 0.101. The van der Waals surface area contributed by atoms with Gasteiger partial charge in [0.05, 0.1) is 12.0 Å². The highest BCUT2D eigenvalue weighted by atomic mass is 32.2. The molecular formula is C17H20FNO4S. The SMILES string of the molecule is COc1ccc(S(=O)(=O)NCCOc2ccc(F)cc2)c(C)c1C. The molecule has 2 rings (SSSR count). The molecule has 0 saturated heterocycles. The molecule has 0 amide bonds. The van der Waals surface area contributed by atoms with Crippen LogP contribution in [0, 0.1) is 19.7 Å². The predicted octanol–water partition coefficient (Wildman–Crippen LogP) is 2.81. The van der Waals surface area contributed by atoms with Gasteiger partial charge in [-0.25, -0.2) is 17.5 Å². The van der Waals surface area contributed by atoms with E-state index in [4.69, 9.17) is 9.47 Å². The lowest BCUT2D eigenvalue weighted by molar-refractivity contribution is 0.322. The average Bonchev–Trinajstić information content (AvgIpc) is 2.55. The lowest BCUT2D eigenvalue weighted by Crippen LogP contribution is -2.29. The van der Waals surface area contributed by atoms with Crippen molar-refractivity contribution in [1.29, 1.82) is 0 Å². The Morgan fingerprint density at radius 1 is 1.04 bits per heavy atom. The van der Waals surface area contributed by atoms with Crippen LogP contribution in [0.5, 0.6) is 11.5 Å². The van der Waals surface area contributed by atoms with Crippen LogP contribution in [0.4, 0.5) is 4.39 Å². The summed E-state index contributed by atoms with van der Waals surface area (Å²) in [5, 5.41) is 0. The van der Waals surface area contributed by atoms with Gasteiger partial charge in [0.15, 0.2) is 0 Å². The van der Waals surface area contributed by atoms with E-state index >= 15 is 0 Å². The summed E-state index contributed by atoms with van der Waals surface area (Å²) in [5.74, 6) is 0.770. The van der Waals surface area contributed by atoms with E-state index in [9.17, 15) is 12.8 Å². The Bertz CT molecular complexity index is 804. The van der Waals surface area contributed by atoms with Crippen LogP contribution in [-0.4, -0.2) is 28.7 Å². The standard InChI is InChI=1S/C17H20FNO4S/c1-12-13(2)17(9-8-16(12)22-3)24(20,21)19-10-11-23-15-6-4-14(18)5-7-15/h4-9,19H,10-11H2,1-3H3. The molecule has 24 heavy (non-hydrogen) atoms. The van der Waals surface area contributed by atoms with E-state index in [1.54, 1.807) is 20.1 Å². The average molecular weight is 353 g/mol. The topological polar surface area (TPSA) is 64.6 Å². The van der Waals surface area contributed by atoms with E-state index in [1.807, 2.05) is 6.92 Å². The van der Waals surface area contributed by atoms with Crippen molar-refractivity contribution in [3.05, 3.63) is 53.3 Å². The molecule has 0 aliphatic rings. The molecule has 2 aromatic carbocycles. The minimum atomic E-state index is -3.65. The Balaban J connectivity index is 1.99. The molecule has 0 aromatic heterocycles. The van der Waals surface area contributed by atoms with Gasteiger partial charge in [0.2, 0.25) is 10.0 Å². The Morgan fingerprint density at radius 3 is 2.33 bits per heavy atom. The van der Waals surface area contributed by atoms with Crippen LogP contribution in [0.25, 0.3) is 0 Å². The highest BCUT2D eigenvalue weighted by Gasteiger charge is 2.19. The molecule has 0 aliphatic carbocycles. The molecule has 130 valence electrons. The number of hydrogen-bond donors (Lipinski definition) is 1. The second kappa shape index (κ2) is 7.63. The Hall–Kier alpha value is -2.12. The van der Waals surface area contributed by atoms with Gasteiger partial charge >= 0.3 is 0 Å². The number of sulfonamides is 1. The van der Waals surface area contributed by atoms with Crippen LogP contribution in [-0.2, 0) is 10.0 Å². The van der Waals surface area contributed by atoms with Gasteiger partial charge in [0.1, 0.15) is 23.9 Å². The summed E-state index contributed by atoms with van der Waals surface area (Å²) < 4.78 is 50.6. The first-order chi connectivity index (χ1) is 11.3. The van der Waals surface area contributed by atoms with Gasteiger partial charge in [-0.3, -0.25) is 0 Å². The summed E-state index contributed by atoms with van der Waals surface area (Å²) >= 11 is 0. The minimum Gasteiger partial charge on any atom is -0.496 e. The zero-order chi connectivity index (χ0) is 17.7. The first-order valence-corrected chi connectivity index (χ1v) is 8.85. The third-order valence-corrected chi connectivity index (χ3v) is 5.28. The monoisotopic (exact) mass is 353 g/mol. The smallest absolute Gasteiger partial charge is 0.240 e. The third-order valence-electron chi connectivity index (χ3n) is 3.67. The fourth-order valence-corrected chi connectivity index (χ4v) is 3.55. The maximum atomic E-state index is 12.8. The van der Waals surface area contributed by atoms with Gasteiger partial charge in [0, 0.05) is 6.54 Å². The van der Waals surface area contributed by atoms with E-state index in [-0.39, 0.29) is 23.9 Å². The van der Waals surface area contributed by atoms with Gasteiger partial charge in [-0.2, -0.15) is 0 Å². The fourth-order valence-electron chi connectivity index (χ4n) is 2.24. The summed E-state index contributed by atoms with van der Waals surface area (Å²) in [5.41, 5.74) is 1.42. The number of hydrogen-bond acceptors (Lipinski definition) is 4. The maximum absolute atomic E-state index is 12.8. The Labute approximate surface area is 141 Å². The lowest BCUT2D eigenvalue weighted by atomic mass is 10.1. The van der Waals surface area contributed by atoms with Crippen LogP contribution in [0.15, 0.2) is 41.3 Å². The summed E-state index contributed by atoms with van der Waals surface area (Å²) in [6, 6.07) is 8.68. The molecule has 7 heteroatoms. The second-order valence-electron chi connectivity index (χ2n) is 5.22. The van der Waals surface area contributed by atoms with Crippen LogP contribution in [0.3, 0.4) is 0 Å². The molecule has 0 fully saturated rings. The normalized spacial score (nSPS) is 11.3. The lowest BCUT2D eigenvalue weighted by Gasteiger charge is -2.14. The quantitative estimate of drug-likeness (QED) is 0.778.